The van der Waals surface area contributed by atoms with Crippen LogP contribution in [0.4, 0.5) is 11.5 Å². The summed E-state index contributed by atoms with van der Waals surface area (Å²) in [4.78, 5) is 32.8. The number of nitrogens with zero attached hydrogens (tertiary/aromatic N) is 4. The second-order valence-corrected chi connectivity index (χ2v) is 10.1. The van der Waals surface area contributed by atoms with Crippen molar-refractivity contribution in [3.63, 3.8) is 0 Å². The van der Waals surface area contributed by atoms with Gasteiger partial charge in [0.25, 0.3) is 5.91 Å². The highest BCUT2D eigenvalue weighted by Crippen LogP contribution is 2.42. The van der Waals surface area contributed by atoms with E-state index in [2.05, 4.69) is 32.5 Å². The molecule has 3 aromatic rings. The van der Waals surface area contributed by atoms with Crippen LogP contribution < -0.4 is 11.1 Å². The van der Waals surface area contributed by atoms with Crippen LogP contribution in [0.1, 0.15) is 51.0 Å². The number of aryl methyl sites for hydroxylation is 1. The first-order valence-electron chi connectivity index (χ1n) is 13.4. The van der Waals surface area contributed by atoms with Crippen molar-refractivity contribution in [3.8, 4) is 11.3 Å². The van der Waals surface area contributed by atoms with Crippen molar-refractivity contribution in [2.45, 2.75) is 51.5 Å². The summed E-state index contributed by atoms with van der Waals surface area (Å²) in [5, 5.41) is 3.76. The van der Waals surface area contributed by atoms with Crippen molar-refractivity contribution in [3.05, 3.63) is 54.4 Å². The Labute approximate surface area is 229 Å². The van der Waals surface area contributed by atoms with Crippen molar-refractivity contribution in [1.82, 2.24) is 19.4 Å². The van der Waals surface area contributed by atoms with Crippen LogP contribution >= 0.6 is 0 Å². The Bertz CT molecular complexity index is 1380. The third-order valence-electron chi connectivity index (χ3n) is 7.33. The third-order valence-corrected chi connectivity index (χ3v) is 7.33. The number of allylic oxidation sites excluding steroid dienone is 2. The van der Waals surface area contributed by atoms with E-state index in [-0.39, 0.29) is 5.91 Å². The minimum absolute atomic E-state index is 0.182. The number of aromatic nitrogens is 3. The van der Waals surface area contributed by atoms with Gasteiger partial charge in [-0.2, -0.15) is 0 Å². The summed E-state index contributed by atoms with van der Waals surface area (Å²) in [6.07, 6.45) is 11.4. The summed E-state index contributed by atoms with van der Waals surface area (Å²) in [6, 6.07) is 8.17. The molecular formula is C30H38N6O3. The quantitative estimate of drug-likeness (QED) is 0.330. The fraction of sp³-hybridized carbons (Fsp3) is 0.400. The number of rotatable bonds is 7. The van der Waals surface area contributed by atoms with E-state index in [1.807, 2.05) is 36.2 Å². The van der Waals surface area contributed by atoms with Gasteiger partial charge in [0.2, 0.25) is 6.41 Å². The number of carbonyl (C=O) groups excluding carboxylic acids is 2. The van der Waals surface area contributed by atoms with E-state index in [1.165, 1.54) is 24.7 Å². The highest BCUT2D eigenvalue weighted by molar-refractivity contribution is 6.05. The Morgan fingerprint density at radius 3 is 2.64 bits per heavy atom. The van der Waals surface area contributed by atoms with E-state index in [4.69, 9.17) is 10.5 Å². The predicted octanol–water partition coefficient (Wildman–Crippen LogP) is 4.94. The Morgan fingerprint density at radius 1 is 1.23 bits per heavy atom. The van der Waals surface area contributed by atoms with Gasteiger partial charge in [0.15, 0.2) is 0 Å². The van der Waals surface area contributed by atoms with Crippen LogP contribution in [0.25, 0.3) is 27.9 Å². The molecule has 9 nitrogen and oxygen atoms in total. The fourth-order valence-corrected chi connectivity index (χ4v) is 5.31. The van der Waals surface area contributed by atoms with Crippen LogP contribution in [-0.4, -0.2) is 58.1 Å². The topological polar surface area (TPSA) is 115 Å². The number of fused-ring (bicyclic) bond motifs is 1. The van der Waals surface area contributed by atoms with E-state index in [1.54, 1.807) is 14.0 Å². The lowest BCUT2D eigenvalue weighted by Crippen LogP contribution is -2.31. The molecule has 39 heavy (non-hydrogen) atoms. The van der Waals surface area contributed by atoms with E-state index < -0.39 is 0 Å². The average Bonchev–Trinajstić information content (AvgIpc) is 3.52. The molecule has 2 aliphatic rings. The number of nitrogen functional groups attached to an aromatic ring is 1. The molecule has 1 fully saturated rings. The highest BCUT2D eigenvalue weighted by Gasteiger charge is 2.24. The summed E-state index contributed by atoms with van der Waals surface area (Å²) in [5.74, 6) is 0.321. The molecule has 1 aliphatic heterocycles. The van der Waals surface area contributed by atoms with Crippen LogP contribution in [-0.2, 0) is 21.4 Å². The number of amides is 2. The Morgan fingerprint density at radius 2 is 2.00 bits per heavy atom. The van der Waals surface area contributed by atoms with Gasteiger partial charge in [-0.1, -0.05) is 24.8 Å². The molecule has 0 radical (unpaired) electrons. The molecule has 1 atom stereocenters. The molecule has 206 valence electrons. The van der Waals surface area contributed by atoms with E-state index in [9.17, 15) is 9.59 Å². The third kappa shape index (κ3) is 6.20. The Kier molecular flexibility index (Phi) is 9.14. The van der Waals surface area contributed by atoms with Gasteiger partial charge in [0, 0.05) is 37.5 Å². The van der Waals surface area contributed by atoms with Crippen LogP contribution in [0.5, 0.6) is 0 Å². The number of hydrogen-bond acceptors (Lipinski definition) is 6. The molecule has 5 rings (SSSR count). The largest absolute Gasteiger partial charge is 0.383 e. The summed E-state index contributed by atoms with van der Waals surface area (Å²) >= 11 is 0. The fourth-order valence-electron chi connectivity index (χ4n) is 5.31. The molecule has 1 unspecified atom stereocenters. The zero-order valence-corrected chi connectivity index (χ0v) is 23.1. The number of carbonyl (C=O) groups is 2. The number of methoxy groups -OCH3 is 1. The van der Waals surface area contributed by atoms with Gasteiger partial charge in [-0.25, -0.2) is 9.97 Å². The van der Waals surface area contributed by atoms with Crippen LogP contribution in [0.15, 0.2) is 48.8 Å². The molecule has 0 bridgehead atoms. The van der Waals surface area contributed by atoms with E-state index in [0.717, 1.165) is 72.2 Å². The van der Waals surface area contributed by atoms with E-state index in [0.29, 0.717) is 24.0 Å². The molecule has 3 heterocycles. The van der Waals surface area contributed by atoms with Crippen LogP contribution in [0.2, 0.25) is 0 Å². The molecule has 0 spiro atoms. The maximum absolute atomic E-state index is 11.9. The number of benzene rings is 1. The molecule has 2 aromatic heterocycles. The van der Waals surface area contributed by atoms with Gasteiger partial charge < -0.3 is 25.3 Å². The molecule has 1 saturated heterocycles. The number of anilines is 2. The molecular weight excluding hydrogens is 492 g/mol. The highest BCUT2D eigenvalue weighted by atomic mass is 16.5. The summed E-state index contributed by atoms with van der Waals surface area (Å²) in [7, 11) is 3.68. The maximum atomic E-state index is 11.9. The molecule has 1 aliphatic carbocycles. The molecule has 2 amide bonds. The van der Waals surface area contributed by atoms with Crippen molar-refractivity contribution >= 4 is 40.4 Å². The minimum Gasteiger partial charge on any atom is -0.383 e. The van der Waals surface area contributed by atoms with Gasteiger partial charge in [-0.05, 0) is 68.7 Å². The number of nitrogens with two attached hydrogens (primary N) is 1. The SMILES string of the molecule is C=C(C)C(=O)Nc1ccc(-c2c(C3=CCCCC3)c3c(N)ncnc3n2C)cc1.COCC1CCCN1C=O. The molecule has 9 heteroatoms. The molecule has 0 saturated carbocycles. The lowest BCUT2D eigenvalue weighted by atomic mass is 9.90. The molecule has 1 aromatic carbocycles. The summed E-state index contributed by atoms with van der Waals surface area (Å²) in [5.41, 5.74) is 12.9. The van der Waals surface area contributed by atoms with Gasteiger partial charge in [0.1, 0.15) is 17.8 Å². The van der Waals surface area contributed by atoms with Crippen LogP contribution in [0.3, 0.4) is 0 Å². The van der Waals surface area contributed by atoms with Gasteiger partial charge in [0.05, 0.1) is 23.7 Å². The summed E-state index contributed by atoms with van der Waals surface area (Å²) in [6.45, 7) is 6.95. The zero-order chi connectivity index (χ0) is 27.9. The smallest absolute Gasteiger partial charge is 0.250 e. The van der Waals surface area contributed by atoms with Gasteiger partial charge in [-0.15, -0.1) is 0 Å². The van der Waals surface area contributed by atoms with Crippen molar-refractivity contribution in [1.29, 1.82) is 0 Å². The number of ether oxygens (including phenoxy) is 1. The second kappa shape index (κ2) is 12.7. The van der Waals surface area contributed by atoms with Crippen LogP contribution in [0, 0.1) is 0 Å². The zero-order valence-electron chi connectivity index (χ0n) is 23.1. The first kappa shape index (κ1) is 28.0. The van der Waals surface area contributed by atoms with Gasteiger partial charge >= 0.3 is 0 Å². The number of hydrogen-bond donors (Lipinski definition) is 2. The maximum Gasteiger partial charge on any atom is 0.250 e. The monoisotopic (exact) mass is 530 g/mol. The lowest BCUT2D eigenvalue weighted by molar-refractivity contribution is -0.119. The number of likely N-dealkylation sites (tertiary alicyclic amines) is 1. The Balaban J connectivity index is 0.000000298. The average molecular weight is 531 g/mol. The van der Waals surface area contributed by atoms with Gasteiger partial charge in [-0.3, -0.25) is 9.59 Å². The normalized spacial score (nSPS) is 16.8. The van der Waals surface area contributed by atoms with Crippen molar-refractivity contribution in [2.24, 2.45) is 7.05 Å². The van der Waals surface area contributed by atoms with Crippen molar-refractivity contribution < 1.29 is 14.3 Å². The van der Waals surface area contributed by atoms with E-state index >= 15 is 0 Å². The predicted molar refractivity (Wildman–Crippen MR) is 156 cm³/mol. The second-order valence-electron chi connectivity index (χ2n) is 10.1. The minimum atomic E-state index is -0.182. The standard InChI is InChI=1S/C23H25N5O.C7H13NO2/c1-14(2)23(29)27-17-11-9-16(10-12-17)20-18(15-7-5-4-6-8-15)19-21(24)25-13-26-22(19)28(20)3;1-10-5-7-3-2-4-8(7)6-9/h7,9-13H,1,4-6,8H2,2-3H3,(H,27,29)(H2,24,25,26);6-7H,2-5H2,1H3. The first-order chi connectivity index (χ1) is 18.8. The van der Waals surface area contributed by atoms with Crippen molar-refractivity contribution in [2.75, 3.05) is 31.3 Å². The molecule has 3 N–H and O–H groups in total. The lowest BCUT2D eigenvalue weighted by Gasteiger charge is -2.18. The first-order valence-corrected chi connectivity index (χ1v) is 13.4. The summed E-state index contributed by atoms with van der Waals surface area (Å²) < 4.78 is 7.04. The Hall–Kier alpha value is -3.98. The number of nitrogens with one attached hydrogen (secondary N) is 1.